The largest absolute Gasteiger partial charge is 0.369 e. The molecule has 1 aromatic heterocycles. The van der Waals surface area contributed by atoms with Gasteiger partial charge < -0.3 is 5.73 Å². The van der Waals surface area contributed by atoms with Gasteiger partial charge in [-0.15, -0.1) is 0 Å². The smallest absolute Gasteiger partial charge is 0.267 e. The molecular weight excluding hydrogens is 296 g/mol. The number of nitrogens with two attached hydrogens (primary N) is 1. The Bertz CT molecular complexity index is 622. The van der Waals surface area contributed by atoms with Gasteiger partial charge in [-0.25, -0.2) is 13.8 Å². The van der Waals surface area contributed by atoms with E-state index in [1.165, 1.54) is 6.07 Å². The van der Waals surface area contributed by atoms with Crippen LogP contribution in [0.15, 0.2) is 27.5 Å². The summed E-state index contributed by atoms with van der Waals surface area (Å²) < 4.78 is 27.0. The summed E-state index contributed by atoms with van der Waals surface area (Å²) in [4.78, 5) is 17.3. The molecule has 0 aliphatic carbocycles. The van der Waals surface area contributed by atoms with E-state index in [9.17, 15) is 13.6 Å². The fourth-order valence-electron chi connectivity index (χ4n) is 1.37. The summed E-state index contributed by atoms with van der Waals surface area (Å²) in [6, 6.07) is 3.37. The van der Waals surface area contributed by atoms with Crippen molar-refractivity contribution in [2.75, 3.05) is 5.73 Å². The Balaban J connectivity index is 2.82. The van der Waals surface area contributed by atoms with E-state index >= 15 is 0 Å². The van der Waals surface area contributed by atoms with Crippen LogP contribution >= 0.6 is 15.9 Å². The highest BCUT2D eigenvalue weighted by molar-refractivity contribution is 9.10. The lowest BCUT2D eigenvalue weighted by molar-refractivity contribution is 0.588. The second kappa shape index (κ2) is 4.25. The van der Waals surface area contributed by atoms with Crippen molar-refractivity contribution in [2.24, 2.45) is 0 Å². The molecule has 0 saturated heterocycles. The van der Waals surface area contributed by atoms with E-state index in [-0.39, 0.29) is 16.1 Å². The van der Waals surface area contributed by atoms with Crippen LogP contribution in [0.5, 0.6) is 0 Å². The Kier molecular flexibility index (Phi) is 2.93. The maximum Gasteiger partial charge on any atom is 0.267 e. The molecule has 0 bridgehead atoms. The van der Waals surface area contributed by atoms with Gasteiger partial charge in [0.05, 0.1) is 11.3 Å². The summed E-state index contributed by atoms with van der Waals surface area (Å²) in [5.41, 5.74) is 4.18. The first-order valence-electron chi connectivity index (χ1n) is 4.50. The lowest BCUT2D eigenvalue weighted by atomic mass is 10.1. The first-order valence-corrected chi connectivity index (χ1v) is 5.29. The van der Waals surface area contributed by atoms with Crippen molar-refractivity contribution in [3.63, 3.8) is 0 Å². The number of halogens is 3. The highest BCUT2D eigenvalue weighted by Gasteiger charge is 2.17. The molecule has 2 aromatic rings. The van der Waals surface area contributed by atoms with Crippen LogP contribution in [0.25, 0.3) is 11.3 Å². The molecule has 3 N–H and O–H groups in total. The molecule has 1 heterocycles. The fraction of sp³-hybridized carbons (Fsp3) is 0. The number of hydrogen-bond donors (Lipinski definition) is 2. The highest BCUT2D eigenvalue weighted by atomic mass is 79.9. The van der Waals surface area contributed by atoms with E-state index in [2.05, 4.69) is 25.9 Å². The Labute approximate surface area is 103 Å². The quantitative estimate of drug-likeness (QED) is 0.847. The number of nitrogen functional groups attached to an aromatic ring is 1. The number of rotatable bonds is 1. The lowest BCUT2D eigenvalue weighted by Gasteiger charge is -2.06. The minimum Gasteiger partial charge on any atom is -0.369 e. The molecule has 0 amide bonds. The number of nitrogens with zero attached hydrogens (tertiary/aromatic N) is 1. The van der Waals surface area contributed by atoms with E-state index in [4.69, 9.17) is 5.73 Å². The number of aromatic amines is 1. The van der Waals surface area contributed by atoms with Crippen molar-refractivity contribution in [3.8, 4) is 11.3 Å². The van der Waals surface area contributed by atoms with Gasteiger partial charge in [0.25, 0.3) is 5.56 Å². The van der Waals surface area contributed by atoms with Crippen molar-refractivity contribution in [2.45, 2.75) is 0 Å². The van der Waals surface area contributed by atoms with E-state index in [1.807, 2.05) is 0 Å². The van der Waals surface area contributed by atoms with Crippen LogP contribution in [0.1, 0.15) is 0 Å². The van der Waals surface area contributed by atoms with Gasteiger partial charge >= 0.3 is 0 Å². The minimum absolute atomic E-state index is 0.0734. The lowest BCUT2D eigenvalue weighted by Crippen LogP contribution is -2.14. The van der Waals surface area contributed by atoms with Gasteiger partial charge in [0, 0.05) is 0 Å². The normalized spacial score (nSPS) is 10.5. The third-order valence-corrected chi connectivity index (χ3v) is 2.82. The number of H-pyrrole nitrogens is 1. The Morgan fingerprint density at radius 2 is 1.88 bits per heavy atom. The number of aromatic nitrogens is 2. The second-order valence-electron chi connectivity index (χ2n) is 3.21. The molecule has 7 heteroatoms. The summed E-state index contributed by atoms with van der Waals surface area (Å²) in [5.74, 6) is -1.85. The molecule has 0 radical (unpaired) electrons. The van der Waals surface area contributed by atoms with Crippen LogP contribution < -0.4 is 11.3 Å². The highest BCUT2D eigenvalue weighted by Crippen LogP contribution is 2.28. The van der Waals surface area contributed by atoms with Crippen LogP contribution in [0.2, 0.25) is 0 Å². The van der Waals surface area contributed by atoms with E-state index in [0.717, 1.165) is 12.1 Å². The number of benzene rings is 1. The zero-order chi connectivity index (χ0) is 12.6. The van der Waals surface area contributed by atoms with Gasteiger partial charge in [0.2, 0.25) is 5.95 Å². The fourth-order valence-corrected chi connectivity index (χ4v) is 1.75. The van der Waals surface area contributed by atoms with Crippen molar-refractivity contribution in [1.82, 2.24) is 9.97 Å². The summed E-state index contributed by atoms with van der Waals surface area (Å²) >= 11 is 2.92. The Hall–Kier alpha value is -1.76. The molecule has 0 fully saturated rings. The van der Waals surface area contributed by atoms with Crippen LogP contribution in [0.3, 0.4) is 0 Å². The topological polar surface area (TPSA) is 71.8 Å². The van der Waals surface area contributed by atoms with Crippen LogP contribution in [0, 0.1) is 11.6 Å². The van der Waals surface area contributed by atoms with Crippen LogP contribution in [0.4, 0.5) is 14.7 Å². The van der Waals surface area contributed by atoms with Crippen molar-refractivity contribution >= 4 is 21.9 Å². The molecule has 4 nitrogen and oxygen atoms in total. The first-order chi connectivity index (χ1) is 8.00. The predicted octanol–water partition coefficient (Wildman–Crippen LogP) is 2.06. The summed E-state index contributed by atoms with van der Waals surface area (Å²) in [7, 11) is 0. The molecule has 0 spiro atoms. The third kappa shape index (κ3) is 2.05. The predicted molar refractivity (Wildman–Crippen MR) is 62.3 cm³/mol. The monoisotopic (exact) mass is 301 g/mol. The zero-order valence-corrected chi connectivity index (χ0v) is 9.88. The minimum atomic E-state index is -0.816. The molecule has 1 aromatic carbocycles. The second-order valence-corrected chi connectivity index (χ2v) is 4.00. The molecule has 0 saturated carbocycles. The molecule has 0 aliphatic heterocycles. The van der Waals surface area contributed by atoms with E-state index in [0.29, 0.717) is 0 Å². The van der Waals surface area contributed by atoms with Crippen molar-refractivity contribution in [1.29, 1.82) is 0 Å². The van der Waals surface area contributed by atoms with E-state index < -0.39 is 22.8 Å². The van der Waals surface area contributed by atoms with E-state index in [1.54, 1.807) is 0 Å². The number of nitrogens with one attached hydrogen (secondary N) is 1. The molecule has 88 valence electrons. The number of anilines is 1. The molecular formula is C10H6BrF2N3O. The maximum absolute atomic E-state index is 13.5. The molecule has 0 atom stereocenters. The summed E-state index contributed by atoms with van der Waals surface area (Å²) in [6.45, 7) is 0. The summed E-state index contributed by atoms with van der Waals surface area (Å²) in [5, 5.41) is 0. The Morgan fingerprint density at radius 3 is 2.47 bits per heavy atom. The zero-order valence-electron chi connectivity index (χ0n) is 8.30. The van der Waals surface area contributed by atoms with Gasteiger partial charge in [0.1, 0.15) is 16.1 Å². The molecule has 0 aliphatic rings. The van der Waals surface area contributed by atoms with Crippen LogP contribution in [-0.2, 0) is 0 Å². The average Bonchev–Trinajstić information content (AvgIpc) is 2.24. The van der Waals surface area contributed by atoms with Crippen LogP contribution in [-0.4, -0.2) is 9.97 Å². The molecule has 0 unspecified atom stereocenters. The summed E-state index contributed by atoms with van der Waals surface area (Å²) in [6.07, 6.45) is 0. The first kappa shape index (κ1) is 11.7. The van der Waals surface area contributed by atoms with Gasteiger partial charge in [-0.1, -0.05) is 6.07 Å². The van der Waals surface area contributed by atoms with Gasteiger partial charge in [-0.05, 0) is 28.1 Å². The van der Waals surface area contributed by atoms with Gasteiger partial charge in [-0.2, -0.15) is 0 Å². The standard InChI is InChI=1S/C10H6BrF2N3O/c11-7-8(15-10(14)16-9(7)17)6-4(12)2-1-3-5(6)13/h1-3H,(H3,14,15,16,17). The van der Waals surface area contributed by atoms with Crippen molar-refractivity contribution < 1.29 is 8.78 Å². The Morgan fingerprint density at radius 1 is 1.29 bits per heavy atom. The maximum atomic E-state index is 13.5. The molecule has 2 rings (SSSR count). The van der Waals surface area contributed by atoms with Crippen molar-refractivity contribution in [3.05, 3.63) is 44.7 Å². The SMILES string of the molecule is Nc1nc(-c2c(F)cccc2F)c(Br)c(=O)[nH]1. The third-order valence-electron chi connectivity index (χ3n) is 2.08. The van der Waals surface area contributed by atoms with Gasteiger partial charge in [0.15, 0.2) is 0 Å². The molecule has 17 heavy (non-hydrogen) atoms. The number of hydrogen-bond acceptors (Lipinski definition) is 3. The average molecular weight is 302 g/mol. The van der Waals surface area contributed by atoms with Gasteiger partial charge in [-0.3, -0.25) is 9.78 Å².